The monoisotopic (exact) mass is 374 g/mol. The number of rotatable bonds is 4. The fourth-order valence-electron chi connectivity index (χ4n) is 2.91. The van der Waals surface area contributed by atoms with Gasteiger partial charge >= 0.3 is 0 Å². The SMILES string of the molecule is Cc1ccc(SCC(=O)N2CCN(C(=O)c3cccs3)CC2)c(C)c1. The molecular weight excluding hydrogens is 352 g/mol. The third kappa shape index (κ3) is 4.44. The first-order valence-corrected chi connectivity index (χ1v) is 10.2. The van der Waals surface area contributed by atoms with Crippen LogP contribution >= 0.6 is 23.1 Å². The van der Waals surface area contributed by atoms with Crippen molar-refractivity contribution in [2.45, 2.75) is 18.7 Å². The predicted octanol–water partition coefficient (Wildman–Crippen LogP) is 3.44. The summed E-state index contributed by atoms with van der Waals surface area (Å²) in [4.78, 5) is 30.4. The molecule has 1 aromatic heterocycles. The van der Waals surface area contributed by atoms with E-state index in [-0.39, 0.29) is 11.8 Å². The highest BCUT2D eigenvalue weighted by Gasteiger charge is 2.25. The minimum Gasteiger partial charge on any atom is -0.338 e. The molecule has 132 valence electrons. The summed E-state index contributed by atoms with van der Waals surface area (Å²) in [7, 11) is 0. The van der Waals surface area contributed by atoms with E-state index in [9.17, 15) is 9.59 Å². The molecule has 1 fully saturated rings. The van der Waals surface area contributed by atoms with Gasteiger partial charge in [0.15, 0.2) is 0 Å². The van der Waals surface area contributed by atoms with Crippen molar-refractivity contribution in [2.24, 2.45) is 0 Å². The number of piperazine rings is 1. The summed E-state index contributed by atoms with van der Waals surface area (Å²) in [6, 6.07) is 10.0. The number of thiophene rings is 1. The Bertz CT molecular complexity index is 751. The lowest BCUT2D eigenvalue weighted by atomic mass is 10.2. The summed E-state index contributed by atoms with van der Waals surface area (Å²) in [5, 5.41) is 1.91. The number of nitrogens with zero attached hydrogens (tertiary/aromatic N) is 2. The molecule has 1 aromatic carbocycles. The predicted molar refractivity (Wildman–Crippen MR) is 103 cm³/mol. The molecule has 0 radical (unpaired) electrons. The van der Waals surface area contributed by atoms with Crippen molar-refractivity contribution in [2.75, 3.05) is 31.9 Å². The lowest BCUT2D eigenvalue weighted by Gasteiger charge is -2.34. The fraction of sp³-hybridized carbons (Fsp3) is 0.368. The van der Waals surface area contributed by atoms with Gasteiger partial charge in [-0.1, -0.05) is 23.8 Å². The number of carbonyl (C=O) groups excluding carboxylic acids is 2. The van der Waals surface area contributed by atoms with Crippen LogP contribution in [0.4, 0.5) is 0 Å². The molecule has 6 heteroatoms. The minimum atomic E-state index is 0.0757. The number of hydrogen-bond acceptors (Lipinski definition) is 4. The number of thioether (sulfide) groups is 1. The molecule has 3 rings (SSSR count). The van der Waals surface area contributed by atoms with E-state index in [0.29, 0.717) is 31.9 Å². The largest absolute Gasteiger partial charge is 0.338 e. The van der Waals surface area contributed by atoms with Crippen molar-refractivity contribution in [1.29, 1.82) is 0 Å². The minimum absolute atomic E-state index is 0.0757. The molecule has 2 amide bonds. The molecule has 0 spiro atoms. The van der Waals surface area contributed by atoms with E-state index < -0.39 is 0 Å². The van der Waals surface area contributed by atoms with Crippen LogP contribution in [0, 0.1) is 13.8 Å². The highest BCUT2D eigenvalue weighted by molar-refractivity contribution is 8.00. The standard InChI is InChI=1S/C19H22N2O2S2/c1-14-5-6-16(15(2)12-14)25-13-18(22)20-7-9-21(10-8-20)19(23)17-4-3-11-24-17/h3-6,11-12H,7-10,13H2,1-2H3. The van der Waals surface area contributed by atoms with E-state index in [2.05, 4.69) is 32.0 Å². The van der Waals surface area contributed by atoms with Crippen LogP contribution in [0.15, 0.2) is 40.6 Å². The summed E-state index contributed by atoms with van der Waals surface area (Å²) in [5.41, 5.74) is 2.45. The number of benzene rings is 1. The summed E-state index contributed by atoms with van der Waals surface area (Å²) in [6.45, 7) is 6.60. The molecular formula is C19H22N2O2S2. The van der Waals surface area contributed by atoms with E-state index in [1.165, 1.54) is 22.5 Å². The maximum atomic E-state index is 12.5. The Morgan fingerprint density at radius 2 is 1.80 bits per heavy atom. The lowest BCUT2D eigenvalue weighted by molar-refractivity contribution is -0.129. The molecule has 0 saturated carbocycles. The molecule has 0 aliphatic carbocycles. The van der Waals surface area contributed by atoms with Gasteiger partial charge < -0.3 is 9.80 Å². The van der Waals surface area contributed by atoms with Crippen molar-refractivity contribution in [3.8, 4) is 0 Å². The highest BCUT2D eigenvalue weighted by Crippen LogP contribution is 2.23. The molecule has 0 bridgehead atoms. The van der Waals surface area contributed by atoms with Gasteiger partial charge in [-0.3, -0.25) is 9.59 Å². The molecule has 0 N–H and O–H groups in total. The molecule has 1 aliphatic rings. The number of aryl methyl sites for hydroxylation is 2. The molecule has 2 heterocycles. The van der Waals surface area contributed by atoms with Gasteiger partial charge in [0.2, 0.25) is 5.91 Å². The van der Waals surface area contributed by atoms with Crippen LogP contribution in [-0.2, 0) is 4.79 Å². The van der Waals surface area contributed by atoms with Crippen LogP contribution in [0.1, 0.15) is 20.8 Å². The van der Waals surface area contributed by atoms with Crippen LogP contribution in [0.2, 0.25) is 0 Å². The average Bonchev–Trinajstić information content (AvgIpc) is 3.15. The lowest BCUT2D eigenvalue weighted by Crippen LogP contribution is -2.51. The summed E-state index contributed by atoms with van der Waals surface area (Å²) >= 11 is 3.06. The number of hydrogen-bond donors (Lipinski definition) is 0. The average molecular weight is 375 g/mol. The second kappa shape index (κ2) is 8.06. The maximum Gasteiger partial charge on any atom is 0.264 e. The normalized spacial score (nSPS) is 14.6. The zero-order chi connectivity index (χ0) is 17.8. The first-order valence-electron chi connectivity index (χ1n) is 8.35. The Kier molecular flexibility index (Phi) is 5.81. The van der Waals surface area contributed by atoms with Gasteiger partial charge in [0.05, 0.1) is 10.6 Å². The van der Waals surface area contributed by atoms with E-state index in [1.54, 1.807) is 11.8 Å². The van der Waals surface area contributed by atoms with Gasteiger partial charge in [-0.05, 0) is 36.9 Å². The molecule has 1 saturated heterocycles. The van der Waals surface area contributed by atoms with Crippen molar-refractivity contribution in [3.63, 3.8) is 0 Å². The Hall–Kier alpha value is -1.79. The summed E-state index contributed by atoms with van der Waals surface area (Å²) < 4.78 is 0. The molecule has 1 aliphatic heterocycles. The van der Waals surface area contributed by atoms with Crippen molar-refractivity contribution in [1.82, 2.24) is 9.80 Å². The first kappa shape index (κ1) is 18.0. The number of carbonyl (C=O) groups is 2. The van der Waals surface area contributed by atoms with Crippen LogP contribution in [-0.4, -0.2) is 53.5 Å². The van der Waals surface area contributed by atoms with Crippen LogP contribution in [0.3, 0.4) is 0 Å². The van der Waals surface area contributed by atoms with E-state index in [1.807, 2.05) is 27.3 Å². The van der Waals surface area contributed by atoms with Crippen LogP contribution in [0.5, 0.6) is 0 Å². The van der Waals surface area contributed by atoms with E-state index in [4.69, 9.17) is 0 Å². The first-order chi connectivity index (χ1) is 12.0. The van der Waals surface area contributed by atoms with Crippen molar-refractivity contribution < 1.29 is 9.59 Å². The quantitative estimate of drug-likeness (QED) is 0.770. The smallest absolute Gasteiger partial charge is 0.264 e. The zero-order valence-electron chi connectivity index (χ0n) is 14.5. The Morgan fingerprint density at radius 3 is 2.44 bits per heavy atom. The third-order valence-electron chi connectivity index (χ3n) is 4.33. The van der Waals surface area contributed by atoms with Crippen molar-refractivity contribution in [3.05, 3.63) is 51.7 Å². The second-order valence-electron chi connectivity index (χ2n) is 6.21. The molecule has 0 unspecified atom stereocenters. The van der Waals surface area contributed by atoms with Gasteiger partial charge in [0.25, 0.3) is 5.91 Å². The van der Waals surface area contributed by atoms with E-state index >= 15 is 0 Å². The fourth-order valence-corrected chi connectivity index (χ4v) is 4.51. The Balaban J connectivity index is 1.49. The van der Waals surface area contributed by atoms with Crippen LogP contribution < -0.4 is 0 Å². The highest BCUT2D eigenvalue weighted by atomic mass is 32.2. The van der Waals surface area contributed by atoms with Gasteiger partial charge in [0, 0.05) is 31.1 Å². The zero-order valence-corrected chi connectivity index (χ0v) is 16.2. The van der Waals surface area contributed by atoms with Crippen LogP contribution in [0.25, 0.3) is 0 Å². The third-order valence-corrected chi connectivity index (χ3v) is 6.35. The molecule has 0 atom stereocenters. The van der Waals surface area contributed by atoms with Gasteiger partial charge in [-0.15, -0.1) is 23.1 Å². The number of amides is 2. The molecule has 4 nitrogen and oxygen atoms in total. The van der Waals surface area contributed by atoms with Crippen molar-refractivity contribution >= 4 is 34.9 Å². The Labute approximate surface area is 156 Å². The molecule has 25 heavy (non-hydrogen) atoms. The summed E-state index contributed by atoms with van der Waals surface area (Å²) in [5.74, 6) is 0.669. The second-order valence-corrected chi connectivity index (χ2v) is 8.17. The van der Waals surface area contributed by atoms with Gasteiger partial charge in [0.1, 0.15) is 0 Å². The van der Waals surface area contributed by atoms with Gasteiger partial charge in [-0.25, -0.2) is 0 Å². The summed E-state index contributed by atoms with van der Waals surface area (Å²) in [6.07, 6.45) is 0. The van der Waals surface area contributed by atoms with E-state index in [0.717, 1.165) is 9.77 Å². The maximum absolute atomic E-state index is 12.5. The van der Waals surface area contributed by atoms with Gasteiger partial charge in [-0.2, -0.15) is 0 Å². The molecule has 2 aromatic rings. The topological polar surface area (TPSA) is 40.6 Å². The Morgan fingerprint density at radius 1 is 1.08 bits per heavy atom.